The van der Waals surface area contributed by atoms with Gasteiger partial charge in [-0.2, -0.15) is 0 Å². The van der Waals surface area contributed by atoms with E-state index in [0.717, 1.165) is 11.1 Å². The van der Waals surface area contributed by atoms with Crippen molar-refractivity contribution in [2.45, 2.75) is 17.6 Å². The molecular weight excluding hydrogens is 301 g/mol. The van der Waals surface area contributed by atoms with E-state index in [4.69, 9.17) is 28.9 Å². The summed E-state index contributed by atoms with van der Waals surface area (Å²) in [6, 6.07) is 10.8. The number of aryl methyl sites for hydroxylation is 1. The maximum absolute atomic E-state index is 12.4. The van der Waals surface area contributed by atoms with E-state index in [1.165, 1.54) is 0 Å². The van der Waals surface area contributed by atoms with E-state index in [-0.39, 0.29) is 0 Å². The Balaban J connectivity index is 2.31. The first kappa shape index (κ1) is 14.4. The lowest BCUT2D eigenvalue weighted by atomic mass is 10.2. The van der Waals surface area contributed by atoms with Crippen molar-refractivity contribution in [2.75, 3.05) is 5.73 Å². The van der Waals surface area contributed by atoms with Gasteiger partial charge in [-0.25, -0.2) is 0 Å². The van der Waals surface area contributed by atoms with Crippen molar-refractivity contribution in [1.29, 1.82) is 0 Å². The highest BCUT2D eigenvalue weighted by Crippen LogP contribution is 2.29. The molecule has 2 rings (SSSR count). The van der Waals surface area contributed by atoms with Crippen LogP contribution in [0, 0.1) is 6.92 Å². The van der Waals surface area contributed by atoms with Gasteiger partial charge in [0.25, 0.3) is 0 Å². The van der Waals surface area contributed by atoms with E-state index in [2.05, 4.69) is 0 Å². The monoisotopic (exact) mass is 313 g/mol. The lowest BCUT2D eigenvalue weighted by Crippen LogP contribution is -2.02. The predicted octanol–water partition coefficient (Wildman–Crippen LogP) is 4.19. The van der Waals surface area contributed by atoms with Gasteiger partial charge in [0.2, 0.25) is 0 Å². The summed E-state index contributed by atoms with van der Waals surface area (Å²) < 4.78 is 12.4. The van der Waals surface area contributed by atoms with Crippen molar-refractivity contribution >= 4 is 39.7 Å². The van der Waals surface area contributed by atoms with Gasteiger partial charge < -0.3 is 5.73 Å². The van der Waals surface area contributed by atoms with Crippen molar-refractivity contribution in [1.82, 2.24) is 0 Å². The summed E-state index contributed by atoms with van der Waals surface area (Å²) in [5.74, 6) is 0.299. The van der Waals surface area contributed by atoms with Gasteiger partial charge in [-0.1, -0.05) is 47.5 Å². The molecule has 0 radical (unpaired) electrons. The maximum atomic E-state index is 12.4. The number of rotatable bonds is 3. The molecule has 2 N–H and O–H groups in total. The zero-order chi connectivity index (χ0) is 14.0. The van der Waals surface area contributed by atoms with Crippen LogP contribution in [0.1, 0.15) is 11.1 Å². The number of benzene rings is 2. The maximum Gasteiger partial charge on any atom is 0.0633 e. The third-order valence-electron chi connectivity index (χ3n) is 2.85. The second-order valence-corrected chi connectivity index (χ2v) is 6.39. The number of halogens is 2. The smallest absolute Gasteiger partial charge is 0.0633 e. The molecule has 100 valence electrons. The summed E-state index contributed by atoms with van der Waals surface area (Å²) in [5, 5.41) is 0.914. The Morgan fingerprint density at radius 3 is 2.58 bits per heavy atom. The molecule has 0 aliphatic carbocycles. The molecule has 1 atom stereocenters. The van der Waals surface area contributed by atoms with Crippen molar-refractivity contribution in [3.05, 3.63) is 57.6 Å². The molecule has 0 aromatic heterocycles. The fourth-order valence-corrected chi connectivity index (χ4v) is 3.51. The molecule has 0 saturated carbocycles. The Hall–Kier alpha value is -1.03. The quantitative estimate of drug-likeness (QED) is 0.863. The second kappa shape index (κ2) is 5.95. The van der Waals surface area contributed by atoms with Crippen LogP contribution < -0.4 is 5.73 Å². The van der Waals surface area contributed by atoms with Crippen molar-refractivity contribution < 1.29 is 4.21 Å². The molecular formula is C14H13Cl2NOS. The highest BCUT2D eigenvalue weighted by molar-refractivity contribution is 7.84. The largest absolute Gasteiger partial charge is 0.398 e. The molecule has 0 saturated heterocycles. The van der Waals surface area contributed by atoms with Gasteiger partial charge in [0, 0.05) is 0 Å². The third-order valence-corrected chi connectivity index (χ3v) is 5.13. The minimum absolute atomic E-state index is 0.299. The fraction of sp³-hybridized carbons (Fsp3) is 0.143. The molecule has 0 fully saturated rings. The van der Waals surface area contributed by atoms with Crippen molar-refractivity contribution in [2.24, 2.45) is 0 Å². The van der Waals surface area contributed by atoms with Gasteiger partial charge >= 0.3 is 0 Å². The number of nitrogen functional groups attached to an aromatic ring is 1. The summed E-state index contributed by atoms with van der Waals surface area (Å²) in [6.45, 7) is 1.89. The third kappa shape index (κ3) is 3.11. The molecule has 5 heteroatoms. The van der Waals surface area contributed by atoms with E-state index < -0.39 is 10.8 Å². The van der Waals surface area contributed by atoms with Crippen LogP contribution in [0.3, 0.4) is 0 Å². The fourth-order valence-electron chi connectivity index (χ4n) is 1.73. The first-order valence-electron chi connectivity index (χ1n) is 5.67. The zero-order valence-corrected chi connectivity index (χ0v) is 12.6. The molecule has 0 amide bonds. The summed E-state index contributed by atoms with van der Waals surface area (Å²) in [5.41, 5.74) is 8.20. The molecule has 2 aromatic rings. The number of para-hydroxylation sites is 1. The van der Waals surface area contributed by atoms with Crippen LogP contribution >= 0.6 is 23.2 Å². The Labute approximate surface area is 125 Å². The summed E-state index contributed by atoms with van der Waals surface area (Å²) >= 11 is 12.0. The molecule has 2 nitrogen and oxygen atoms in total. The summed E-state index contributed by atoms with van der Waals surface area (Å²) in [6.07, 6.45) is 0. The second-order valence-electron chi connectivity index (χ2n) is 4.19. The first-order chi connectivity index (χ1) is 9.00. The Morgan fingerprint density at radius 2 is 1.84 bits per heavy atom. The van der Waals surface area contributed by atoms with E-state index in [0.29, 0.717) is 26.4 Å². The van der Waals surface area contributed by atoms with E-state index in [1.807, 2.05) is 25.1 Å². The van der Waals surface area contributed by atoms with Gasteiger partial charge in [0.05, 0.1) is 37.2 Å². The van der Waals surface area contributed by atoms with Gasteiger partial charge in [0.15, 0.2) is 0 Å². The predicted molar refractivity (Wildman–Crippen MR) is 82.2 cm³/mol. The Kier molecular flexibility index (Phi) is 4.50. The van der Waals surface area contributed by atoms with Gasteiger partial charge in [-0.3, -0.25) is 4.21 Å². The molecule has 0 aliphatic rings. The highest BCUT2D eigenvalue weighted by atomic mass is 35.5. The van der Waals surface area contributed by atoms with Gasteiger partial charge in [-0.15, -0.1) is 0 Å². The molecule has 1 unspecified atom stereocenters. The molecule has 2 aromatic carbocycles. The van der Waals surface area contributed by atoms with Crippen LogP contribution in [-0.2, 0) is 16.6 Å². The summed E-state index contributed by atoms with van der Waals surface area (Å²) in [4.78, 5) is 0.635. The lowest BCUT2D eigenvalue weighted by molar-refractivity contribution is 0.683. The Bertz CT molecular complexity index is 643. The zero-order valence-electron chi connectivity index (χ0n) is 10.3. The van der Waals surface area contributed by atoms with Crippen molar-refractivity contribution in [3.8, 4) is 0 Å². The number of hydrogen-bond acceptors (Lipinski definition) is 2. The minimum Gasteiger partial charge on any atom is -0.398 e. The molecule has 19 heavy (non-hydrogen) atoms. The van der Waals surface area contributed by atoms with Gasteiger partial charge in [-0.05, 0) is 30.2 Å². The molecule has 0 spiro atoms. The average Bonchev–Trinajstić information content (AvgIpc) is 2.38. The molecule has 0 aliphatic heterocycles. The summed E-state index contributed by atoms with van der Waals surface area (Å²) in [7, 11) is -1.24. The van der Waals surface area contributed by atoms with Crippen molar-refractivity contribution in [3.63, 3.8) is 0 Å². The number of hydrogen-bond donors (Lipinski definition) is 1. The molecule has 0 bridgehead atoms. The van der Waals surface area contributed by atoms with Crippen LogP contribution in [-0.4, -0.2) is 4.21 Å². The van der Waals surface area contributed by atoms with E-state index in [1.54, 1.807) is 18.2 Å². The average molecular weight is 314 g/mol. The number of nitrogens with two attached hydrogens (primary N) is 1. The van der Waals surface area contributed by atoms with E-state index in [9.17, 15) is 4.21 Å². The lowest BCUT2D eigenvalue weighted by Gasteiger charge is -2.09. The molecule has 0 heterocycles. The first-order valence-corrected chi connectivity index (χ1v) is 7.74. The van der Waals surface area contributed by atoms with Gasteiger partial charge in [0.1, 0.15) is 0 Å². The van der Waals surface area contributed by atoms with E-state index >= 15 is 0 Å². The topological polar surface area (TPSA) is 43.1 Å². The van der Waals surface area contributed by atoms with Crippen LogP contribution in [0.15, 0.2) is 41.3 Å². The standard InChI is InChI=1S/C14H13Cl2NOS/c1-9-4-2-7-12(14(9)17)19(18)8-10-5-3-6-11(15)13(10)16/h2-7H,8,17H2,1H3. The minimum atomic E-state index is -1.24. The van der Waals surface area contributed by atoms with Crippen LogP contribution in [0.2, 0.25) is 10.0 Å². The number of anilines is 1. The van der Waals surface area contributed by atoms with Crippen LogP contribution in [0.5, 0.6) is 0 Å². The van der Waals surface area contributed by atoms with Crippen LogP contribution in [0.4, 0.5) is 5.69 Å². The van der Waals surface area contributed by atoms with Crippen LogP contribution in [0.25, 0.3) is 0 Å². The highest BCUT2D eigenvalue weighted by Gasteiger charge is 2.13. The Morgan fingerprint density at radius 1 is 1.16 bits per heavy atom. The normalized spacial score (nSPS) is 12.4. The SMILES string of the molecule is Cc1cccc(S(=O)Cc2cccc(Cl)c2Cl)c1N.